The Morgan fingerprint density at radius 2 is 1.23 bits per heavy atom. The molecule has 0 N–H and O–H groups in total. The Labute approximate surface area is 176 Å². The fourth-order valence-electron chi connectivity index (χ4n) is 5.24. The van der Waals surface area contributed by atoms with E-state index in [1.807, 2.05) is 30.3 Å². The topological polar surface area (TPSA) is 52.0 Å². The highest BCUT2D eigenvalue weighted by molar-refractivity contribution is 6.33. The molecule has 0 bridgehead atoms. The second kappa shape index (κ2) is 5.51. The number of benzene rings is 5. The van der Waals surface area contributed by atoms with Gasteiger partial charge in [0, 0.05) is 21.5 Å². The maximum atomic E-state index is 9.51. The van der Waals surface area contributed by atoms with Crippen LogP contribution in [0.2, 0.25) is 0 Å². The van der Waals surface area contributed by atoms with Gasteiger partial charge in [0.25, 0.3) is 0 Å². The van der Waals surface area contributed by atoms with E-state index in [4.69, 9.17) is 0 Å². The van der Waals surface area contributed by atoms with Crippen molar-refractivity contribution in [1.82, 2.24) is 4.40 Å². The molecule has 0 aliphatic heterocycles. The monoisotopic (exact) mass is 391 g/mol. The van der Waals surface area contributed by atoms with E-state index in [0.717, 1.165) is 27.3 Å². The minimum absolute atomic E-state index is 0.632. The fraction of sp³-hybridized carbons (Fsp3) is 0. The fourth-order valence-corrected chi connectivity index (χ4v) is 5.24. The summed E-state index contributed by atoms with van der Waals surface area (Å²) >= 11 is 0. The first-order valence-electron chi connectivity index (χ1n) is 10.2. The lowest BCUT2D eigenvalue weighted by molar-refractivity contribution is 1.36. The summed E-state index contributed by atoms with van der Waals surface area (Å²) in [5.74, 6) is 0. The number of aromatic nitrogens is 1. The molecule has 0 fully saturated rings. The summed E-state index contributed by atoms with van der Waals surface area (Å²) < 4.78 is 2.23. The summed E-state index contributed by atoms with van der Waals surface area (Å²) in [4.78, 5) is 0. The summed E-state index contributed by atoms with van der Waals surface area (Å²) in [5, 5.41) is 28.5. The van der Waals surface area contributed by atoms with Gasteiger partial charge >= 0.3 is 0 Å². The zero-order chi connectivity index (χ0) is 20.7. The molecule has 3 nitrogen and oxygen atoms in total. The Hall–Kier alpha value is -4.60. The van der Waals surface area contributed by atoms with Gasteiger partial charge in [0.15, 0.2) is 0 Å². The van der Waals surface area contributed by atoms with Gasteiger partial charge < -0.3 is 4.40 Å². The van der Waals surface area contributed by atoms with E-state index in [9.17, 15) is 10.5 Å². The number of hydrogen-bond donors (Lipinski definition) is 0. The van der Waals surface area contributed by atoms with Gasteiger partial charge in [-0.3, -0.25) is 0 Å². The Bertz CT molecular complexity index is 1960. The first-order valence-corrected chi connectivity index (χ1v) is 10.2. The Morgan fingerprint density at radius 3 is 2.00 bits per heavy atom. The third-order valence-electron chi connectivity index (χ3n) is 6.54. The number of hydrogen-bond acceptors (Lipinski definition) is 2. The van der Waals surface area contributed by atoms with Gasteiger partial charge in [-0.2, -0.15) is 10.5 Å². The lowest BCUT2D eigenvalue weighted by Gasteiger charge is -2.07. The molecule has 5 aromatic carbocycles. The van der Waals surface area contributed by atoms with E-state index < -0.39 is 0 Å². The van der Waals surface area contributed by atoms with Crippen LogP contribution < -0.4 is 0 Å². The van der Waals surface area contributed by atoms with Gasteiger partial charge in [-0.25, -0.2) is 0 Å². The van der Waals surface area contributed by atoms with Gasteiger partial charge in [-0.1, -0.05) is 48.5 Å². The van der Waals surface area contributed by atoms with Crippen molar-refractivity contribution in [2.45, 2.75) is 0 Å². The lowest BCUT2D eigenvalue weighted by atomic mass is 9.95. The van der Waals surface area contributed by atoms with Crippen LogP contribution in [0.15, 0.2) is 78.9 Å². The van der Waals surface area contributed by atoms with E-state index in [0.29, 0.717) is 11.1 Å². The molecule has 2 aromatic heterocycles. The van der Waals surface area contributed by atoms with E-state index >= 15 is 0 Å². The zero-order valence-electron chi connectivity index (χ0n) is 16.3. The molecule has 0 atom stereocenters. The molecule has 0 amide bonds. The van der Waals surface area contributed by atoms with Crippen LogP contribution in [0.1, 0.15) is 11.1 Å². The van der Waals surface area contributed by atoms with Gasteiger partial charge in [-0.05, 0) is 51.9 Å². The predicted octanol–water partition coefficient (Wildman–Crippen LogP) is 6.89. The van der Waals surface area contributed by atoms with Crippen LogP contribution in [0, 0.1) is 22.7 Å². The second-order valence-electron chi connectivity index (χ2n) is 8.05. The number of rotatable bonds is 0. The number of nitrogens with zero attached hydrogens (tertiary/aromatic N) is 3. The van der Waals surface area contributed by atoms with Crippen molar-refractivity contribution in [3.05, 3.63) is 90.0 Å². The molecule has 0 saturated heterocycles. The summed E-state index contributed by atoms with van der Waals surface area (Å²) in [5.41, 5.74) is 4.42. The van der Waals surface area contributed by atoms with Crippen molar-refractivity contribution in [2.75, 3.05) is 0 Å². The first kappa shape index (κ1) is 16.2. The Morgan fingerprint density at radius 1 is 0.548 bits per heavy atom. The maximum absolute atomic E-state index is 9.51. The van der Waals surface area contributed by atoms with Crippen LogP contribution >= 0.6 is 0 Å². The quantitative estimate of drug-likeness (QED) is 0.264. The summed E-state index contributed by atoms with van der Waals surface area (Å²) in [6.07, 6.45) is 0. The molecule has 0 spiro atoms. The van der Waals surface area contributed by atoms with E-state index in [2.05, 4.69) is 65.1 Å². The first-order chi connectivity index (χ1) is 15.3. The zero-order valence-corrected chi connectivity index (χ0v) is 16.3. The van der Waals surface area contributed by atoms with Gasteiger partial charge in [0.2, 0.25) is 0 Å². The normalized spacial score (nSPS) is 11.8. The van der Waals surface area contributed by atoms with Gasteiger partial charge in [0.05, 0.1) is 39.8 Å². The minimum atomic E-state index is 0.632. The molecule has 0 aliphatic rings. The van der Waals surface area contributed by atoms with E-state index in [1.54, 1.807) is 0 Å². The Kier molecular flexibility index (Phi) is 2.88. The molecule has 0 aliphatic carbocycles. The predicted molar refractivity (Wildman–Crippen MR) is 126 cm³/mol. The van der Waals surface area contributed by atoms with E-state index in [-0.39, 0.29) is 0 Å². The van der Waals surface area contributed by atoms with Crippen LogP contribution in [0.5, 0.6) is 0 Å². The summed E-state index contributed by atoms with van der Waals surface area (Å²) in [6, 6.07) is 31.5. The van der Waals surface area contributed by atoms with Crippen LogP contribution in [-0.4, -0.2) is 4.40 Å². The second-order valence-corrected chi connectivity index (χ2v) is 8.05. The largest absolute Gasteiger partial charge is 0.308 e. The molecule has 3 heteroatoms. The van der Waals surface area contributed by atoms with Crippen molar-refractivity contribution < 1.29 is 0 Å². The van der Waals surface area contributed by atoms with E-state index in [1.165, 1.54) is 32.3 Å². The van der Waals surface area contributed by atoms with Gasteiger partial charge in [0.1, 0.15) is 0 Å². The molecule has 7 aromatic rings. The van der Waals surface area contributed by atoms with Crippen LogP contribution in [-0.2, 0) is 0 Å². The van der Waals surface area contributed by atoms with Crippen LogP contribution in [0.4, 0.5) is 0 Å². The van der Waals surface area contributed by atoms with Crippen molar-refractivity contribution in [2.24, 2.45) is 0 Å². The molecule has 7 rings (SSSR count). The van der Waals surface area contributed by atoms with Crippen molar-refractivity contribution in [3.8, 4) is 12.1 Å². The van der Waals surface area contributed by atoms with Crippen molar-refractivity contribution >= 4 is 59.6 Å². The van der Waals surface area contributed by atoms with Crippen LogP contribution in [0.3, 0.4) is 0 Å². The summed E-state index contributed by atoms with van der Waals surface area (Å²) in [6.45, 7) is 0. The Balaban J connectivity index is 1.88. The molecule has 140 valence electrons. The molecule has 0 radical (unpaired) electrons. The minimum Gasteiger partial charge on any atom is -0.308 e. The van der Waals surface area contributed by atoms with Crippen molar-refractivity contribution in [1.29, 1.82) is 10.5 Å². The lowest BCUT2D eigenvalue weighted by Crippen LogP contribution is -1.83. The highest BCUT2D eigenvalue weighted by Crippen LogP contribution is 2.44. The highest BCUT2D eigenvalue weighted by Gasteiger charge is 2.21. The molecular formula is C28H13N3. The smallest absolute Gasteiger partial charge is 0.0992 e. The summed E-state index contributed by atoms with van der Waals surface area (Å²) in [7, 11) is 0. The number of nitriles is 2. The molecule has 31 heavy (non-hydrogen) atoms. The highest BCUT2D eigenvalue weighted by atomic mass is 14.9. The average molecular weight is 391 g/mol. The molecule has 0 saturated carbocycles. The molecule has 0 unspecified atom stereocenters. The number of fused-ring (bicyclic) bond motifs is 10. The van der Waals surface area contributed by atoms with Crippen LogP contribution in [0.25, 0.3) is 59.6 Å². The standard InChI is InChI=1S/C28H13N3/c29-14-16-5-8-20-24-13-23-19-4-2-1-3-18(19)7-10-21(23)27-22-9-6-17(15-30)12-26(22)31(28(24)27)25(20)11-16/h1-13H. The third-order valence-corrected chi connectivity index (χ3v) is 6.54. The maximum Gasteiger partial charge on any atom is 0.0992 e. The average Bonchev–Trinajstić information content (AvgIpc) is 3.34. The SMILES string of the molecule is N#Cc1ccc2c3cc4c5ccccc5ccc4c4c5ccc(C#N)cc5n(c2c1)c34. The third kappa shape index (κ3) is 1.91. The van der Waals surface area contributed by atoms with Crippen molar-refractivity contribution in [3.63, 3.8) is 0 Å². The van der Waals surface area contributed by atoms with Gasteiger partial charge in [-0.15, -0.1) is 0 Å². The molecular weight excluding hydrogens is 378 g/mol. The molecule has 2 heterocycles.